The van der Waals surface area contributed by atoms with Gasteiger partial charge in [0.1, 0.15) is 0 Å². The minimum absolute atomic E-state index is 0.345. The van der Waals surface area contributed by atoms with Gasteiger partial charge in [0.2, 0.25) is 0 Å². The highest BCUT2D eigenvalue weighted by molar-refractivity contribution is 5.66. The molecule has 0 saturated heterocycles. The van der Waals surface area contributed by atoms with Crippen LogP contribution in [-0.2, 0) is 4.79 Å². The number of carbonyl (C=O) groups is 1. The van der Waals surface area contributed by atoms with E-state index in [-0.39, 0.29) is 0 Å². The smallest absolute Gasteiger partial charge is 0.303 e. The molecule has 0 amide bonds. The lowest BCUT2D eigenvalue weighted by atomic mass is 10.0. The van der Waals surface area contributed by atoms with E-state index in [0.717, 1.165) is 12.8 Å². The first-order chi connectivity index (χ1) is 10.8. The normalized spacial score (nSPS) is 10.1. The predicted molar refractivity (Wildman–Crippen MR) is 92.4 cm³/mol. The third-order valence-electron chi connectivity index (χ3n) is 3.99. The van der Waals surface area contributed by atoms with Gasteiger partial charge in [-0.05, 0) is 6.42 Å². The molecule has 0 rings (SSSR count). The summed E-state index contributed by atoms with van der Waals surface area (Å²) in [6.07, 6.45) is 20.2. The molecule has 0 unspecified atom stereocenters. The van der Waals surface area contributed by atoms with Crippen LogP contribution in [0.2, 0.25) is 0 Å². The van der Waals surface area contributed by atoms with Gasteiger partial charge in [-0.1, -0.05) is 96.8 Å². The van der Waals surface area contributed by atoms with E-state index in [1.807, 2.05) is 0 Å². The van der Waals surface area contributed by atoms with Gasteiger partial charge in [0.15, 0.2) is 0 Å². The van der Waals surface area contributed by atoms with Crippen LogP contribution in [0.15, 0.2) is 0 Å². The summed E-state index contributed by atoms with van der Waals surface area (Å²) in [6.45, 7) is 2.27. The maximum Gasteiger partial charge on any atom is 0.303 e. The molecule has 0 spiro atoms. The van der Waals surface area contributed by atoms with E-state index in [0.29, 0.717) is 6.42 Å². The Morgan fingerprint density at radius 1 is 0.591 bits per heavy atom. The monoisotopic (exact) mass is 318 g/mol. The minimum Gasteiger partial charge on any atom is -0.481 e. The third kappa shape index (κ3) is 24.4. The summed E-state index contributed by atoms with van der Waals surface area (Å²) in [7, 11) is 0. The maximum atomic E-state index is 10.3. The van der Waals surface area contributed by atoms with E-state index in [2.05, 4.69) is 6.92 Å². The van der Waals surface area contributed by atoms with Crippen LogP contribution in [0.25, 0.3) is 0 Å². The van der Waals surface area contributed by atoms with Crippen LogP contribution in [0.3, 0.4) is 0 Å². The lowest BCUT2D eigenvalue weighted by molar-refractivity contribution is -0.176. The van der Waals surface area contributed by atoms with E-state index >= 15 is 0 Å². The van der Waals surface area contributed by atoms with Gasteiger partial charge in [0, 0.05) is 6.42 Å². The Kier molecular flexibility index (Phi) is 24.4. The van der Waals surface area contributed by atoms with Crippen molar-refractivity contribution in [1.29, 1.82) is 0 Å². The lowest BCUT2D eigenvalue weighted by Gasteiger charge is -2.03. The largest absolute Gasteiger partial charge is 0.481 e. The molecule has 4 heteroatoms. The van der Waals surface area contributed by atoms with Crippen molar-refractivity contribution in [2.75, 3.05) is 0 Å². The molecule has 134 valence electrons. The topological polar surface area (TPSA) is 77.8 Å². The Labute approximate surface area is 136 Å². The average Bonchev–Trinajstić information content (AvgIpc) is 2.53. The number of carboxylic acids is 1. The lowest BCUT2D eigenvalue weighted by Crippen LogP contribution is -1.93. The van der Waals surface area contributed by atoms with Crippen molar-refractivity contribution in [3.8, 4) is 0 Å². The van der Waals surface area contributed by atoms with Gasteiger partial charge in [-0.15, -0.1) is 0 Å². The summed E-state index contributed by atoms with van der Waals surface area (Å²) < 4.78 is 0. The summed E-state index contributed by atoms with van der Waals surface area (Å²) >= 11 is 0. The molecule has 0 fully saturated rings. The highest BCUT2D eigenvalue weighted by atomic mass is 17.0. The SMILES string of the molecule is CCCCCCCCCCCCCCCCCC(=O)O.OO. The first kappa shape index (κ1) is 23.7. The van der Waals surface area contributed by atoms with Gasteiger partial charge in [0.25, 0.3) is 0 Å². The fourth-order valence-electron chi connectivity index (χ4n) is 2.65. The van der Waals surface area contributed by atoms with Gasteiger partial charge in [-0.3, -0.25) is 15.3 Å². The van der Waals surface area contributed by atoms with Crippen molar-refractivity contribution in [3.05, 3.63) is 0 Å². The van der Waals surface area contributed by atoms with E-state index in [9.17, 15) is 4.79 Å². The maximum absolute atomic E-state index is 10.3. The summed E-state index contributed by atoms with van der Waals surface area (Å²) in [5, 5.41) is 20.5. The quantitative estimate of drug-likeness (QED) is 0.176. The van der Waals surface area contributed by atoms with Gasteiger partial charge >= 0.3 is 5.97 Å². The molecule has 0 aliphatic heterocycles. The molecule has 0 bridgehead atoms. The van der Waals surface area contributed by atoms with Crippen LogP contribution in [0.5, 0.6) is 0 Å². The molecular weight excluding hydrogens is 280 g/mol. The molecular formula is C18H38O4. The van der Waals surface area contributed by atoms with Crippen LogP contribution in [0.1, 0.15) is 110 Å². The Hall–Kier alpha value is -0.610. The number of hydrogen-bond donors (Lipinski definition) is 3. The molecule has 0 aromatic carbocycles. The van der Waals surface area contributed by atoms with Crippen LogP contribution in [0.4, 0.5) is 0 Å². The standard InChI is InChI=1S/C18H36O2.H2O2/c1-2-3-4-5-6-7-8-9-10-11-12-13-14-15-16-17-18(19)20;1-2/h2-17H2,1H3,(H,19,20);1-2H. The molecule has 0 heterocycles. The van der Waals surface area contributed by atoms with Crippen LogP contribution < -0.4 is 0 Å². The van der Waals surface area contributed by atoms with Crippen molar-refractivity contribution in [2.24, 2.45) is 0 Å². The zero-order valence-corrected chi connectivity index (χ0v) is 14.6. The number of unbranched alkanes of at least 4 members (excludes halogenated alkanes) is 14. The van der Waals surface area contributed by atoms with Crippen molar-refractivity contribution < 1.29 is 20.4 Å². The molecule has 0 aliphatic rings. The van der Waals surface area contributed by atoms with Crippen LogP contribution in [-0.4, -0.2) is 21.6 Å². The van der Waals surface area contributed by atoms with Crippen molar-refractivity contribution in [2.45, 2.75) is 110 Å². The van der Waals surface area contributed by atoms with Crippen LogP contribution >= 0.6 is 0 Å². The molecule has 0 aliphatic carbocycles. The second-order valence-corrected chi connectivity index (χ2v) is 6.09. The zero-order chi connectivity index (χ0) is 16.9. The number of aliphatic carboxylic acids is 1. The number of rotatable bonds is 16. The Morgan fingerprint density at radius 3 is 1.14 bits per heavy atom. The van der Waals surface area contributed by atoms with E-state index in [1.54, 1.807) is 0 Å². The van der Waals surface area contributed by atoms with Crippen molar-refractivity contribution in [3.63, 3.8) is 0 Å². The fraction of sp³-hybridized carbons (Fsp3) is 0.944. The highest BCUT2D eigenvalue weighted by Crippen LogP contribution is 2.13. The average molecular weight is 318 g/mol. The molecule has 4 nitrogen and oxygen atoms in total. The van der Waals surface area contributed by atoms with Gasteiger partial charge in [-0.2, -0.15) is 0 Å². The first-order valence-electron chi connectivity index (χ1n) is 9.19. The molecule has 0 aromatic heterocycles. The summed E-state index contributed by atoms with van der Waals surface area (Å²) in [6, 6.07) is 0. The van der Waals surface area contributed by atoms with Crippen LogP contribution in [0, 0.1) is 0 Å². The number of hydrogen-bond acceptors (Lipinski definition) is 3. The Morgan fingerprint density at radius 2 is 0.864 bits per heavy atom. The second-order valence-electron chi connectivity index (χ2n) is 6.09. The van der Waals surface area contributed by atoms with Gasteiger partial charge in [0.05, 0.1) is 0 Å². The Balaban J connectivity index is 0. The third-order valence-corrected chi connectivity index (χ3v) is 3.99. The van der Waals surface area contributed by atoms with E-state index in [4.69, 9.17) is 15.6 Å². The molecule has 3 N–H and O–H groups in total. The Bertz CT molecular complexity index is 207. The molecule has 22 heavy (non-hydrogen) atoms. The highest BCUT2D eigenvalue weighted by Gasteiger charge is 1.97. The summed E-state index contributed by atoms with van der Waals surface area (Å²) in [5.74, 6) is -0.653. The molecule has 0 aromatic rings. The summed E-state index contributed by atoms with van der Waals surface area (Å²) in [5.41, 5.74) is 0. The minimum atomic E-state index is -0.653. The van der Waals surface area contributed by atoms with Crippen molar-refractivity contribution in [1.82, 2.24) is 0 Å². The first-order valence-corrected chi connectivity index (χ1v) is 9.19. The second kappa shape index (κ2) is 22.7. The van der Waals surface area contributed by atoms with E-state index < -0.39 is 5.97 Å². The molecule has 0 saturated carbocycles. The molecule has 0 atom stereocenters. The van der Waals surface area contributed by atoms with E-state index in [1.165, 1.54) is 83.5 Å². The van der Waals surface area contributed by atoms with Crippen molar-refractivity contribution >= 4 is 5.97 Å². The molecule has 0 radical (unpaired) electrons. The summed E-state index contributed by atoms with van der Waals surface area (Å²) in [4.78, 5) is 10.3. The van der Waals surface area contributed by atoms with Gasteiger partial charge in [-0.25, -0.2) is 0 Å². The van der Waals surface area contributed by atoms with Gasteiger partial charge < -0.3 is 5.11 Å². The number of carboxylic acid groups (broad SMARTS) is 1. The predicted octanol–water partition coefficient (Wildman–Crippen LogP) is 6.35. The zero-order valence-electron chi connectivity index (χ0n) is 14.6. The fourth-order valence-corrected chi connectivity index (χ4v) is 2.65.